The van der Waals surface area contributed by atoms with Crippen molar-refractivity contribution in [3.05, 3.63) is 39.5 Å². The van der Waals surface area contributed by atoms with E-state index in [2.05, 4.69) is 22.8 Å². The van der Waals surface area contributed by atoms with Gasteiger partial charge in [0.1, 0.15) is 0 Å². The Morgan fingerprint density at radius 1 is 1.11 bits per heavy atom. The molecule has 0 saturated heterocycles. The summed E-state index contributed by atoms with van der Waals surface area (Å²) in [6.07, 6.45) is 0. The van der Waals surface area contributed by atoms with Gasteiger partial charge in [-0.2, -0.15) is 0 Å². The van der Waals surface area contributed by atoms with E-state index in [9.17, 15) is 0 Å². The Bertz CT molecular complexity index is 586. The molecule has 19 heavy (non-hydrogen) atoms. The third-order valence-electron chi connectivity index (χ3n) is 2.08. The molecule has 1 heterocycles. The molecule has 0 amide bonds. The first-order chi connectivity index (χ1) is 9.10. The summed E-state index contributed by atoms with van der Waals surface area (Å²) < 4.78 is 5.48. The van der Waals surface area contributed by atoms with Gasteiger partial charge in [0.15, 0.2) is 0 Å². The molecule has 0 fully saturated rings. The molecule has 1 N–H and O–H groups in total. The average Bonchev–Trinajstić information content (AvgIpc) is 2.36. The molecule has 0 spiro atoms. The van der Waals surface area contributed by atoms with Crippen LogP contribution in [0.3, 0.4) is 0 Å². The third kappa shape index (κ3) is 3.69. The molecule has 0 saturated carbocycles. The second-order valence-corrected chi connectivity index (χ2v) is 4.62. The Morgan fingerprint density at radius 2 is 1.79 bits per heavy atom. The van der Waals surface area contributed by atoms with Gasteiger partial charge in [0, 0.05) is 0 Å². The van der Waals surface area contributed by atoms with E-state index in [1.165, 1.54) is 6.94 Å². The zero-order valence-electron chi connectivity index (χ0n) is 9.53. The van der Waals surface area contributed by atoms with Crippen molar-refractivity contribution in [2.75, 3.05) is 5.23 Å². The molecule has 94 valence electrons. The van der Waals surface area contributed by atoms with Gasteiger partial charge in [0.05, 0.1) is 0 Å². The summed E-state index contributed by atoms with van der Waals surface area (Å²) in [6, 6.07) is 6.44. The number of aromatic nitrogens is 2. The number of halogens is 3. The van der Waals surface area contributed by atoms with Crippen LogP contribution in [-0.4, -0.2) is 24.5 Å². The maximum atomic E-state index is 6.09. The number of rotatable bonds is 4. The zero-order valence-corrected chi connectivity index (χ0v) is 11.8. The fraction of sp³-hybridized carbons (Fsp3) is 0. The first kappa shape index (κ1) is 14.3. The van der Waals surface area contributed by atoms with E-state index in [0.717, 1.165) is 0 Å². The molecule has 0 radical (unpaired) electrons. The summed E-state index contributed by atoms with van der Waals surface area (Å²) >= 11 is 17.8. The number of hydrogen-bond acceptors (Lipinski definition) is 4. The van der Waals surface area contributed by atoms with Gasteiger partial charge < -0.3 is 0 Å². The van der Waals surface area contributed by atoms with Gasteiger partial charge in [-0.05, 0) is 0 Å². The number of nitrogens with one attached hydrogen (secondary N) is 1. The predicted octanol–water partition coefficient (Wildman–Crippen LogP) is 3.08. The summed E-state index contributed by atoms with van der Waals surface area (Å²) in [5, 5.41) is 11.3. The molecule has 2 rings (SSSR count). The van der Waals surface area contributed by atoms with Crippen LogP contribution < -0.4 is 9.96 Å². The second-order valence-electron chi connectivity index (χ2n) is 3.41. The Morgan fingerprint density at radius 3 is 2.32 bits per heavy atom. The SMILES string of the molecule is B=BNc1cc(Cl)c(Oc2ccc(Cl)nn2)c(Cl)c1. The molecule has 1 aromatic heterocycles. The van der Waals surface area contributed by atoms with Gasteiger partial charge in [0.25, 0.3) is 0 Å². The van der Waals surface area contributed by atoms with Crippen molar-refractivity contribution in [3.63, 3.8) is 0 Å². The van der Waals surface area contributed by atoms with Crippen molar-refractivity contribution in [2.24, 2.45) is 0 Å². The van der Waals surface area contributed by atoms with Gasteiger partial charge in [0.2, 0.25) is 0 Å². The number of benzene rings is 1. The Kier molecular flexibility index (Phi) is 4.80. The first-order valence-corrected chi connectivity index (χ1v) is 6.27. The number of nitrogens with zero attached hydrogens (tertiary/aromatic N) is 2. The minimum atomic E-state index is 0.248. The molecule has 4 nitrogen and oxygen atoms in total. The van der Waals surface area contributed by atoms with E-state index in [4.69, 9.17) is 39.5 Å². The van der Waals surface area contributed by atoms with Crippen LogP contribution in [-0.2, 0) is 0 Å². The van der Waals surface area contributed by atoms with Crippen LogP contribution in [0, 0.1) is 0 Å². The average molecular weight is 312 g/mol. The van der Waals surface area contributed by atoms with Crippen LogP contribution in [0.15, 0.2) is 24.3 Å². The predicted molar refractivity (Wildman–Crippen MR) is 80.1 cm³/mol. The molecular weight excluding hydrogens is 306 g/mol. The van der Waals surface area contributed by atoms with Gasteiger partial charge in [-0.25, -0.2) is 0 Å². The van der Waals surface area contributed by atoms with Crippen LogP contribution in [0.1, 0.15) is 0 Å². The third-order valence-corrected chi connectivity index (χ3v) is 2.84. The summed E-state index contributed by atoms with van der Waals surface area (Å²) in [5.74, 6) is 0.548. The Labute approximate surface area is 126 Å². The molecule has 0 aliphatic carbocycles. The normalized spacial score (nSPS) is 9.79. The van der Waals surface area contributed by atoms with E-state index in [0.29, 0.717) is 21.5 Å². The summed E-state index contributed by atoms with van der Waals surface area (Å²) in [5.41, 5.74) is 0.708. The fourth-order valence-corrected chi connectivity index (χ4v) is 1.99. The first-order valence-electron chi connectivity index (χ1n) is 5.13. The molecule has 0 aliphatic rings. The van der Waals surface area contributed by atoms with E-state index in [1.54, 1.807) is 24.3 Å². The van der Waals surface area contributed by atoms with Gasteiger partial charge >= 0.3 is 126 Å². The van der Waals surface area contributed by atoms with Crippen molar-refractivity contribution >= 4 is 54.8 Å². The summed E-state index contributed by atoms with van der Waals surface area (Å²) in [4.78, 5) is 0. The quantitative estimate of drug-likeness (QED) is 0.882. The van der Waals surface area contributed by atoms with E-state index in [1.807, 2.05) is 0 Å². The summed E-state index contributed by atoms with van der Waals surface area (Å²) in [7, 11) is 3.55. The molecule has 1 aromatic carbocycles. The molecule has 0 bridgehead atoms. The number of ether oxygens (including phenoxy) is 1. The van der Waals surface area contributed by atoms with Crippen LogP contribution >= 0.6 is 34.8 Å². The molecule has 9 heteroatoms. The monoisotopic (exact) mass is 311 g/mol. The van der Waals surface area contributed by atoms with Crippen molar-refractivity contribution < 1.29 is 4.74 Å². The number of anilines is 1. The van der Waals surface area contributed by atoms with Crippen molar-refractivity contribution in [3.8, 4) is 11.6 Å². The molecule has 0 unspecified atom stereocenters. The molecule has 0 atom stereocenters. The molecule has 2 aromatic rings. The standard InChI is InChI=1S/C10H6B2Cl3N3O/c11-12-16-5-3-6(13)10(7(14)4-5)19-9-2-1-8(15)17-18-9/h1-4,11,16H. The van der Waals surface area contributed by atoms with Gasteiger partial charge in [-0.3, -0.25) is 0 Å². The van der Waals surface area contributed by atoms with E-state index < -0.39 is 0 Å². The zero-order chi connectivity index (χ0) is 13.8. The van der Waals surface area contributed by atoms with E-state index >= 15 is 0 Å². The van der Waals surface area contributed by atoms with E-state index in [-0.39, 0.29) is 11.0 Å². The summed E-state index contributed by atoms with van der Waals surface area (Å²) in [6.45, 7) is 1.52. The molecular formula is C10H6B2Cl3N3O. The molecule has 0 aliphatic heterocycles. The number of hydrogen-bond donors (Lipinski definition) is 1. The van der Waals surface area contributed by atoms with Gasteiger partial charge in [-0.15, -0.1) is 0 Å². The van der Waals surface area contributed by atoms with Crippen LogP contribution in [0.5, 0.6) is 11.6 Å². The van der Waals surface area contributed by atoms with Crippen LogP contribution in [0.4, 0.5) is 5.69 Å². The van der Waals surface area contributed by atoms with Crippen molar-refractivity contribution in [1.29, 1.82) is 0 Å². The van der Waals surface area contributed by atoms with Crippen LogP contribution in [0.2, 0.25) is 15.2 Å². The van der Waals surface area contributed by atoms with Crippen molar-refractivity contribution in [1.82, 2.24) is 10.2 Å². The van der Waals surface area contributed by atoms with Crippen molar-refractivity contribution in [2.45, 2.75) is 0 Å². The Balaban J connectivity index is 2.29. The second kappa shape index (κ2) is 6.37. The minimum absolute atomic E-state index is 0.248. The fourth-order valence-electron chi connectivity index (χ4n) is 1.32. The Hall–Kier alpha value is -1.10. The maximum absolute atomic E-state index is 6.09. The van der Waals surface area contributed by atoms with Gasteiger partial charge in [-0.1, -0.05) is 0 Å². The van der Waals surface area contributed by atoms with Crippen LogP contribution in [0.25, 0.3) is 0 Å². The topological polar surface area (TPSA) is 47.0 Å².